The molecule has 1 amide bonds. The molecule has 94 valence electrons. The van der Waals surface area contributed by atoms with Gasteiger partial charge in [0, 0.05) is 18.9 Å². The van der Waals surface area contributed by atoms with E-state index >= 15 is 0 Å². The second kappa shape index (κ2) is 8.70. The summed E-state index contributed by atoms with van der Waals surface area (Å²) in [6, 6.07) is 3.98. The smallest absolute Gasteiger partial charge is 0.233 e. The Morgan fingerprint density at radius 2 is 2.06 bits per heavy atom. The SMILES string of the molecule is CCCCNC(=O)CNCCc1ccncc1. The van der Waals surface area contributed by atoms with Gasteiger partial charge in [0.05, 0.1) is 6.54 Å². The van der Waals surface area contributed by atoms with Gasteiger partial charge in [-0.3, -0.25) is 9.78 Å². The summed E-state index contributed by atoms with van der Waals surface area (Å²) in [7, 11) is 0. The molecule has 0 unspecified atom stereocenters. The molecule has 4 heteroatoms. The molecule has 1 rings (SSSR count). The zero-order valence-electron chi connectivity index (χ0n) is 10.4. The molecule has 0 aliphatic carbocycles. The quantitative estimate of drug-likeness (QED) is 0.664. The van der Waals surface area contributed by atoms with E-state index in [1.165, 1.54) is 5.56 Å². The Hall–Kier alpha value is -1.42. The molecule has 0 saturated carbocycles. The second-order valence-electron chi connectivity index (χ2n) is 3.99. The molecule has 0 aliphatic rings. The lowest BCUT2D eigenvalue weighted by molar-refractivity contribution is -0.120. The third-order valence-corrected chi connectivity index (χ3v) is 2.48. The highest BCUT2D eigenvalue weighted by atomic mass is 16.1. The Balaban J connectivity index is 2.02. The molecule has 17 heavy (non-hydrogen) atoms. The van der Waals surface area contributed by atoms with Crippen LogP contribution in [0.3, 0.4) is 0 Å². The van der Waals surface area contributed by atoms with Gasteiger partial charge in [0.1, 0.15) is 0 Å². The van der Waals surface area contributed by atoms with Gasteiger partial charge in [-0.05, 0) is 37.1 Å². The molecule has 1 aromatic rings. The van der Waals surface area contributed by atoms with Crippen molar-refractivity contribution in [1.29, 1.82) is 0 Å². The summed E-state index contributed by atoms with van der Waals surface area (Å²) in [5.74, 6) is 0.0770. The number of unbranched alkanes of at least 4 members (excludes halogenated alkanes) is 1. The number of carbonyl (C=O) groups excluding carboxylic acids is 1. The highest BCUT2D eigenvalue weighted by Gasteiger charge is 1.99. The number of amides is 1. The lowest BCUT2D eigenvalue weighted by Crippen LogP contribution is -2.35. The summed E-state index contributed by atoms with van der Waals surface area (Å²) in [5.41, 5.74) is 1.24. The van der Waals surface area contributed by atoms with E-state index in [9.17, 15) is 4.79 Å². The number of carbonyl (C=O) groups is 1. The largest absolute Gasteiger partial charge is 0.355 e. The van der Waals surface area contributed by atoms with Crippen molar-refractivity contribution in [2.24, 2.45) is 0 Å². The van der Waals surface area contributed by atoms with Crippen LogP contribution in [0.1, 0.15) is 25.3 Å². The molecule has 0 bridgehead atoms. The van der Waals surface area contributed by atoms with Crippen LogP contribution in [0, 0.1) is 0 Å². The van der Waals surface area contributed by atoms with Crippen molar-refractivity contribution >= 4 is 5.91 Å². The van der Waals surface area contributed by atoms with Crippen molar-refractivity contribution in [3.05, 3.63) is 30.1 Å². The van der Waals surface area contributed by atoms with E-state index in [0.717, 1.165) is 32.4 Å². The average Bonchev–Trinajstić information content (AvgIpc) is 2.36. The fraction of sp³-hybridized carbons (Fsp3) is 0.538. The van der Waals surface area contributed by atoms with E-state index in [1.807, 2.05) is 12.1 Å². The number of rotatable bonds is 8. The monoisotopic (exact) mass is 235 g/mol. The van der Waals surface area contributed by atoms with E-state index in [0.29, 0.717) is 6.54 Å². The van der Waals surface area contributed by atoms with Gasteiger partial charge < -0.3 is 10.6 Å². The zero-order valence-corrected chi connectivity index (χ0v) is 10.4. The molecule has 0 radical (unpaired) electrons. The van der Waals surface area contributed by atoms with Crippen LogP contribution in [0.25, 0.3) is 0 Å². The highest BCUT2D eigenvalue weighted by molar-refractivity contribution is 5.77. The van der Waals surface area contributed by atoms with Crippen molar-refractivity contribution in [1.82, 2.24) is 15.6 Å². The van der Waals surface area contributed by atoms with E-state index in [2.05, 4.69) is 22.5 Å². The Morgan fingerprint density at radius 1 is 1.29 bits per heavy atom. The van der Waals surface area contributed by atoms with Crippen LogP contribution in [0.15, 0.2) is 24.5 Å². The number of nitrogens with zero attached hydrogens (tertiary/aromatic N) is 1. The van der Waals surface area contributed by atoms with E-state index in [-0.39, 0.29) is 5.91 Å². The molecular formula is C13H21N3O. The minimum Gasteiger partial charge on any atom is -0.355 e. The first-order valence-electron chi connectivity index (χ1n) is 6.19. The number of hydrogen-bond donors (Lipinski definition) is 2. The number of pyridine rings is 1. The molecule has 0 aliphatic heterocycles. The van der Waals surface area contributed by atoms with Crippen LogP contribution in [0.2, 0.25) is 0 Å². The lowest BCUT2D eigenvalue weighted by atomic mass is 10.2. The Bertz CT molecular complexity index is 314. The summed E-state index contributed by atoms with van der Waals surface area (Å²) in [6.45, 7) is 4.10. The molecule has 0 saturated heterocycles. The van der Waals surface area contributed by atoms with Gasteiger partial charge in [0.15, 0.2) is 0 Å². The molecule has 0 spiro atoms. The Morgan fingerprint density at radius 3 is 2.76 bits per heavy atom. The van der Waals surface area contributed by atoms with Crippen molar-refractivity contribution in [3.63, 3.8) is 0 Å². The molecule has 0 aromatic carbocycles. The normalized spacial score (nSPS) is 10.2. The molecule has 4 nitrogen and oxygen atoms in total. The third kappa shape index (κ3) is 6.68. The summed E-state index contributed by atoms with van der Waals surface area (Å²) in [4.78, 5) is 15.3. The number of nitrogens with one attached hydrogen (secondary N) is 2. The van der Waals surface area contributed by atoms with Crippen molar-refractivity contribution in [2.45, 2.75) is 26.2 Å². The first kappa shape index (κ1) is 13.6. The minimum absolute atomic E-state index is 0.0770. The fourth-order valence-electron chi connectivity index (χ4n) is 1.45. The molecule has 1 aromatic heterocycles. The maximum absolute atomic E-state index is 11.3. The summed E-state index contributed by atoms with van der Waals surface area (Å²) < 4.78 is 0. The topological polar surface area (TPSA) is 54.0 Å². The molecule has 2 N–H and O–H groups in total. The van der Waals surface area contributed by atoms with Crippen LogP contribution in [0.4, 0.5) is 0 Å². The lowest BCUT2D eigenvalue weighted by Gasteiger charge is -2.06. The van der Waals surface area contributed by atoms with Crippen LogP contribution < -0.4 is 10.6 Å². The van der Waals surface area contributed by atoms with E-state index < -0.39 is 0 Å². The standard InChI is InChI=1S/C13H21N3O/c1-2-3-7-16-13(17)11-15-10-6-12-4-8-14-9-5-12/h4-5,8-9,15H,2-3,6-7,10-11H2,1H3,(H,16,17). The highest BCUT2D eigenvalue weighted by Crippen LogP contribution is 1.95. The van der Waals surface area contributed by atoms with Gasteiger partial charge in [-0.25, -0.2) is 0 Å². The van der Waals surface area contributed by atoms with Crippen molar-refractivity contribution in [2.75, 3.05) is 19.6 Å². The van der Waals surface area contributed by atoms with Crippen molar-refractivity contribution in [3.8, 4) is 0 Å². The van der Waals surface area contributed by atoms with Crippen LogP contribution in [-0.4, -0.2) is 30.5 Å². The predicted molar refractivity (Wildman–Crippen MR) is 68.7 cm³/mol. The Kier molecular flexibility index (Phi) is 6.98. The number of aromatic nitrogens is 1. The van der Waals surface area contributed by atoms with Crippen LogP contribution in [0.5, 0.6) is 0 Å². The van der Waals surface area contributed by atoms with Gasteiger partial charge in [-0.15, -0.1) is 0 Å². The predicted octanol–water partition coefficient (Wildman–Crippen LogP) is 1.13. The second-order valence-corrected chi connectivity index (χ2v) is 3.99. The van der Waals surface area contributed by atoms with Gasteiger partial charge in [-0.2, -0.15) is 0 Å². The summed E-state index contributed by atoms with van der Waals surface area (Å²) in [6.07, 6.45) is 6.64. The minimum atomic E-state index is 0.0770. The molecular weight excluding hydrogens is 214 g/mol. The summed E-state index contributed by atoms with van der Waals surface area (Å²) in [5, 5.41) is 6.00. The first-order valence-corrected chi connectivity index (χ1v) is 6.19. The van der Waals surface area contributed by atoms with E-state index in [4.69, 9.17) is 0 Å². The first-order chi connectivity index (χ1) is 8.33. The summed E-state index contributed by atoms with van der Waals surface area (Å²) >= 11 is 0. The number of hydrogen-bond acceptors (Lipinski definition) is 3. The maximum atomic E-state index is 11.3. The fourth-order valence-corrected chi connectivity index (χ4v) is 1.45. The van der Waals surface area contributed by atoms with Gasteiger partial charge in [0.25, 0.3) is 0 Å². The molecule has 0 atom stereocenters. The average molecular weight is 235 g/mol. The Labute approximate surface area is 103 Å². The zero-order chi connectivity index (χ0) is 12.3. The van der Waals surface area contributed by atoms with Gasteiger partial charge >= 0.3 is 0 Å². The molecule has 0 fully saturated rings. The maximum Gasteiger partial charge on any atom is 0.233 e. The van der Waals surface area contributed by atoms with Crippen LogP contribution >= 0.6 is 0 Å². The van der Waals surface area contributed by atoms with Gasteiger partial charge in [0.2, 0.25) is 5.91 Å². The molecule has 1 heterocycles. The van der Waals surface area contributed by atoms with E-state index in [1.54, 1.807) is 12.4 Å². The van der Waals surface area contributed by atoms with Crippen molar-refractivity contribution < 1.29 is 4.79 Å². The van der Waals surface area contributed by atoms with Crippen LogP contribution in [-0.2, 0) is 11.2 Å². The van der Waals surface area contributed by atoms with Gasteiger partial charge in [-0.1, -0.05) is 13.3 Å². The third-order valence-electron chi connectivity index (χ3n) is 2.48.